The highest BCUT2D eigenvalue weighted by Crippen LogP contribution is 2.10. The van der Waals surface area contributed by atoms with Crippen molar-refractivity contribution in [3.05, 3.63) is 80.5 Å². The zero-order valence-corrected chi connectivity index (χ0v) is 15.1. The fraction of sp³-hybridized carbons (Fsp3) is 0.0526. The van der Waals surface area contributed by atoms with Gasteiger partial charge in [-0.05, 0) is 12.1 Å². The fourth-order valence-corrected chi connectivity index (χ4v) is 3.21. The molecule has 1 aromatic carbocycles. The molecule has 3 aromatic rings. The van der Waals surface area contributed by atoms with Crippen LogP contribution in [0.15, 0.2) is 70.7 Å². The molecule has 8 heteroatoms. The van der Waals surface area contributed by atoms with Crippen LogP contribution >= 0.6 is 11.3 Å². The number of benzene rings is 1. The predicted octanol–water partition coefficient (Wildman–Crippen LogP) is -0.576. The number of hydrogen-bond donors (Lipinski definition) is 1. The van der Waals surface area contributed by atoms with Crippen molar-refractivity contribution in [3.8, 4) is 0 Å². The molecular formula is C19H15N3O4S. The van der Waals surface area contributed by atoms with E-state index in [0.29, 0.717) is 5.69 Å². The van der Waals surface area contributed by atoms with Gasteiger partial charge in [0.1, 0.15) is 4.53 Å². The van der Waals surface area contributed by atoms with Gasteiger partial charge in [-0.1, -0.05) is 24.3 Å². The second-order valence-corrected chi connectivity index (χ2v) is 6.35. The number of thiazole rings is 1. The molecule has 0 saturated carbocycles. The standard InChI is InChI=1S/C19H15N3O4S/c1-26-15(23)12-14-17(24)21-19(27-14)16(22-10-6-3-7-11-22)18(25)20-13-8-4-2-5-9-13/h2-12H,1H3,(H-,20,21,24,25). The average molecular weight is 381 g/mol. The van der Waals surface area contributed by atoms with Crippen LogP contribution in [-0.4, -0.2) is 24.0 Å². The average Bonchev–Trinajstić information content (AvgIpc) is 3.03. The summed E-state index contributed by atoms with van der Waals surface area (Å²) in [4.78, 5) is 30.3. The number of nitrogens with zero attached hydrogens (tertiary/aromatic N) is 2. The number of aliphatic imine (C=N–C) groups is 1. The van der Waals surface area contributed by atoms with Gasteiger partial charge in [-0.25, -0.2) is 4.79 Å². The number of rotatable bonds is 4. The van der Waals surface area contributed by atoms with Crippen LogP contribution < -0.4 is 24.4 Å². The third-order valence-corrected chi connectivity index (χ3v) is 4.51. The summed E-state index contributed by atoms with van der Waals surface area (Å²) in [6.45, 7) is 0. The van der Waals surface area contributed by atoms with Crippen molar-refractivity contribution in [2.24, 2.45) is 4.99 Å². The summed E-state index contributed by atoms with van der Waals surface area (Å²) in [6, 6.07) is 14.1. The van der Waals surface area contributed by atoms with Crippen molar-refractivity contribution in [1.29, 1.82) is 0 Å². The first kappa shape index (κ1) is 18.3. The second kappa shape index (κ2) is 8.24. The molecule has 27 heavy (non-hydrogen) atoms. The number of carbonyl (C=O) groups is 1. The van der Waals surface area contributed by atoms with Gasteiger partial charge in [0.2, 0.25) is 0 Å². The highest BCUT2D eigenvalue weighted by molar-refractivity contribution is 7.07. The summed E-state index contributed by atoms with van der Waals surface area (Å²) >= 11 is 0.982. The van der Waals surface area contributed by atoms with Gasteiger partial charge < -0.3 is 14.8 Å². The van der Waals surface area contributed by atoms with Crippen LogP contribution in [0, 0.1) is 0 Å². The Hall–Kier alpha value is -3.52. The molecule has 0 aliphatic heterocycles. The Balaban J connectivity index is 2.26. The molecule has 0 unspecified atom stereocenters. The first-order chi connectivity index (χ1) is 13.1. The summed E-state index contributed by atoms with van der Waals surface area (Å²) in [5, 5.41) is 12.9. The molecule has 0 bridgehead atoms. The van der Waals surface area contributed by atoms with Gasteiger partial charge in [0.05, 0.1) is 18.7 Å². The molecule has 0 aliphatic rings. The van der Waals surface area contributed by atoms with Crippen LogP contribution in [-0.2, 0) is 9.53 Å². The number of methoxy groups -OCH3 is 1. The zero-order valence-electron chi connectivity index (χ0n) is 14.3. The Kier molecular flexibility index (Phi) is 5.58. The normalized spacial score (nSPS) is 13.4. The molecule has 136 valence electrons. The van der Waals surface area contributed by atoms with Crippen molar-refractivity contribution in [2.45, 2.75) is 0 Å². The maximum absolute atomic E-state index is 12.9. The van der Waals surface area contributed by atoms with Crippen molar-refractivity contribution in [2.75, 3.05) is 7.11 Å². The second-order valence-electron chi connectivity index (χ2n) is 5.30. The summed E-state index contributed by atoms with van der Waals surface area (Å²) in [5.41, 5.74) is 0.185. The lowest BCUT2D eigenvalue weighted by Gasteiger charge is -2.09. The van der Waals surface area contributed by atoms with E-state index in [4.69, 9.17) is 0 Å². The van der Waals surface area contributed by atoms with E-state index in [1.165, 1.54) is 7.11 Å². The van der Waals surface area contributed by atoms with Crippen LogP contribution in [0.4, 0.5) is 5.69 Å². The largest absolute Gasteiger partial charge is 0.854 e. The molecule has 0 spiro atoms. The zero-order chi connectivity index (χ0) is 19.2. The summed E-state index contributed by atoms with van der Waals surface area (Å²) in [5.74, 6) is -1.18. The number of nitrogens with one attached hydrogen (secondary N) is 1. The molecule has 2 heterocycles. The van der Waals surface area contributed by atoms with Crippen molar-refractivity contribution < 1.29 is 19.2 Å². The van der Waals surface area contributed by atoms with E-state index in [2.05, 4.69) is 14.7 Å². The molecular weight excluding hydrogens is 366 g/mol. The number of esters is 1. The third-order valence-electron chi connectivity index (χ3n) is 3.49. The van der Waals surface area contributed by atoms with Crippen molar-refractivity contribution >= 4 is 40.7 Å². The fourth-order valence-electron chi connectivity index (χ4n) is 2.26. The number of aromatic amines is 1. The molecule has 0 atom stereocenters. The van der Waals surface area contributed by atoms with Crippen LogP contribution in [0.3, 0.4) is 0 Å². The first-order valence-corrected chi connectivity index (χ1v) is 8.71. The van der Waals surface area contributed by atoms with Gasteiger partial charge in [0, 0.05) is 18.2 Å². The quantitative estimate of drug-likeness (QED) is 0.283. The Labute approximate surface area is 157 Å². The number of aromatic nitrogens is 2. The number of carbonyl (C=O) groups excluding carboxylic acids is 1. The van der Waals surface area contributed by atoms with Gasteiger partial charge in [0.15, 0.2) is 17.1 Å². The van der Waals surface area contributed by atoms with E-state index in [1.807, 2.05) is 6.07 Å². The minimum absolute atomic E-state index is 0.137. The van der Waals surface area contributed by atoms with Crippen LogP contribution in [0.25, 0.3) is 11.8 Å². The van der Waals surface area contributed by atoms with E-state index in [0.717, 1.165) is 17.4 Å². The molecule has 3 rings (SSSR count). The summed E-state index contributed by atoms with van der Waals surface area (Å²) in [7, 11) is 1.22. The number of hydrogen-bond acceptors (Lipinski definition) is 6. The topological polar surface area (TPSA) is 98.5 Å². The van der Waals surface area contributed by atoms with Gasteiger partial charge in [-0.15, -0.1) is 11.3 Å². The minimum atomic E-state index is -0.650. The van der Waals surface area contributed by atoms with E-state index < -0.39 is 17.4 Å². The van der Waals surface area contributed by atoms with Crippen LogP contribution in [0.5, 0.6) is 0 Å². The van der Waals surface area contributed by atoms with E-state index in [1.54, 1.807) is 59.4 Å². The Morgan fingerprint density at radius 3 is 2.52 bits per heavy atom. The molecule has 0 aliphatic carbocycles. The lowest BCUT2D eigenvalue weighted by Crippen LogP contribution is -2.45. The van der Waals surface area contributed by atoms with E-state index in [9.17, 15) is 14.7 Å². The maximum Gasteiger partial charge on any atom is 0.332 e. The molecule has 2 aromatic heterocycles. The van der Waals surface area contributed by atoms with E-state index >= 15 is 0 Å². The Morgan fingerprint density at radius 1 is 1.19 bits per heavy atom. The number of H-pyrrole nitrogens is 1. The molecule has 0 amide bonds. The maximum atomic E-state index is 12.9. The van der Waals surface area contributed by atoms with Gasteiger partial charge in [0.25, 0.3) is 11.3 Å². The molecule has 0 fully saturated rings. The number of ether oxygens (including phenoxy) is 1. The summed E-state index contributed by atoms with van der Waals surface area (Å²) < 4.78 is 6.55. The Morgan fingerprint density at radius 2 is 1.85 bits per heavy atom. The first-order valence-electron chi connectivity index (χ1n) is 7.89. The third kappa shape index (κ3) is 4.36. The molecule has 0 saturated heterocycles. The highest BCUT2D eigenvalue weighted by Gasteiger charge is 2.14. The molecule has 0 radical (unpaired) electrons. The smallest absolute Gasteiger partial charge is 0.332 e. The number of para-hydroxylation sites is 1. The minimum Gasteiger partial charge on any atom is -0.854 e. The molecule has 1 N–H and O–H groups in total. The van der Waals surface area contributed by atoms with Gasteiger partial charge in [-0.2, -0.15) is 4.57 Å². The predicted molar refractivity (Wildman–Crippen MR) is 99.7 cm³/mol. The van der Waals surface area contributed by atoms with Crippen LogP contribution in [0.1, 0.15) is 0 Å². The highest BCUT2D eigenvalue weighted by atomic mass is 32.1. The lowest BCUT2D eigenvalue weighted by molar-refractivity contribution is -0.580. The Bertz CT molecular complexity index is 1150. The van der Waals surface area contributed by atoms with Gasteiger partial charge in [-0.3, -0.25) is 9.79 Å². The number of pyridine rings is 1. The van der Waals surface area contributed by atoms with Crippen LogP contribution in [0.2, 0.25) is 0 Å². The SMILES string of the molecule is COC(=O)C=c1sc(=C(C([O-])=Nc2ccccc2)[n+]2ccccc2)[nH]c1=O. The molecule has 7 nitrogen and oxygen atoms in total. The van der Waals surface area contributed by atoms with E-state index in [-0.39, 0.29) is 14.9 Å². The monoisotopic (exact) mass is 381 g/mol. The van der Waals surface area contributed by atoms with Crippen molar-refractivity contribution in [1.82, 2.24) is 4.98 Å². The van der Waals surface area contributed by atoms with Crippen molar-refractivity contribution in [3.63, 3.8) is 0 Å². The lowest BCUT2D eigenvalue weighted by atomic mass is 10.3. The summed E-state index contributed by atoms with van der Waals surface area (Å²) in [6.07, 6.45) is 4.43. The van der Waals surface area contributed by atoms with Gasteiger partial charge >= 0.3 is 5.97 Å².